The normalized spacial score (nSPS) is 19.5. The van der Waals surface area contributed by atoms with Gasteiger partial charge in [0.25, 0.3) is 0 Å². The minimum Gasteiger partial charge on any atom is -0.396 e. The van der Waals surface area contributed by atoms with Crippen molar-refractivity contribution in [1.82, 2.24) is 9.88 Å². The topological polar surface area (TPSA) is 36.4 Å². The maximum absolute atomic E-state index is 9.14. The van der Waals surface area contributed by atoms with E-state index in [1.54, 1.807) is 0 Å². The Morgan fingerprint density at radius 1 is 1.37 bits per heavy atom. The molecule has 2 heterocycles. The van der Waals surface area contributed by atoms with Gasteiger partial charge in [-0.2, -0.15) is 0 Å². The summed E-state index contributed by atoms with van der Waals surface area (Å²) in [5.41, 5.74) is 2.50. The number of nitrogens with zero attached hydrogens (tertiary/aromatic N) is 2. The van der Waals surface area contributed by atoms with E-state index < -0.39 is 0 Å². The molecule has 2 rings (SSSR count). The summed E-state index contributed by atoms with van der Waals surface area (Å²) in [5, 5.41) is 9.14. The van der Waals surface area contributed by atoms with Gasteiger partial charge in [0, 0.05) is 25.0 Å². The van der Waals surface area contributed by atoms with Crippen LogP contribution in [0.5, 0.6) is 0 Å². The average molecular weight is 262 g/mol. The standard InChI is InChI=1S/C16H26N2O/c1-3-13(2)16-5-4-15(10-17-16)11-18-8-6-14(12-19)7-9-18/h4-5,10,13-14,19H,3,6-9,11-12H2,1-2H3. The van der Waals surface area contributed by atoms with Gasteiger partial charge in [-0.15, -0.1) is 0 Å². The van der Waals surface area contributed by atoms with E-state index in [1.165, 1.54) is 11.3 Å². The summed E-state index contributed by atoms with van der Waals surface area (Å²) in [6, 6.07) is 4.39. The van der Waals surface area contributed by atoms with Gasteiger partial charge in [-0.1, -0.05) is 19.9 Å². The van der Waals surface area contributed by atoms with E-state index >= 15 is 0 Å². The monoisotopic (exact) mass is 262 g/mol. The molecular formula is C16H26N2O. The Hall–Kier alpha value is -0.930. The quantitative estimate of drug-likeness (QED) is 0.886. The Morgan fingerprint density at radius 3 is 2.63 bits per heavy atom. The third-order valence-corrected chi connectivity index (χ3v) is 4.34. The molecule has 0 saturated carbocycles. The summed E-state index contributed by atoms with van der Waals surface area (Å²) in [7, 11) is 0. The van der Waals surface area contributed by atoms with Crippen LogP contribution in [0.3, 0.4) is 0 Å². The SMILES string of the molecule is CCC(C)c1ccc(CN2CCC(CO)CC2)cn1. The highest BCUT2D eigenvalue weighted by Crippen LogP contribution is 2.20. The molecule has 0 bridgehead atoms. The first-order chi connectivity index (χ1) is 9.22. The average Bonchev–Trinajstić information content (AvgIpc) is 2.48. The molecule has 106 valence electrons. The number of piperidine rings is 1. The Kier molecular flexibility index (Phi) is 5.34. The van der Waals surface area contributed by atoms with Crippen LogP contribution in [-0.4, -0.2) is 34.7 Å². The van der Waals surface area contributed by atoms with E-state index in [1.807, 2.05) is 6.20 Å². The number of rotatable bonds is 5. The van der Waals surface area contributed by atoms with Crippen molar-refractivity contribution >= 4 is 0 Å². The lowest BCUT2D eigenvalue weighted by Crippen LogP contribution is -2.34. The second-order valence-corrected chi connectivity index (χ2v) is 5.80. The van der Waals surface area contributed by atoms with Crippen LogP contribution in [0.25, 0.3) is 0 Å². The summed E-state index contributed by atoms with van der Waals surface area (Å²) < 4.78 is 0. The number of aliphatic hydroxyl groups excluding tert-OH is 1. The van der Waals surface area contributed by atoms with Crippen molar-refractivity contribution < 1.29 is 5.11 Å². The molecule has 1 aliphatic heterocycles. The van der Waals surface area contributed by atoms with Crippen LogP contribution in [0.4, 0.5) is 0 Å². The second kappa shape index (κ2) is 7.01. The molecule has 0 radical (unpaired) electrons. The molecule has 1 atom stereocenters. The first-order valence-corrected chi connectivity index (χ1v) is 7.51. The van der Waals surface area contributed by atoms with Gasteiger partial charge in [-0.25, -0.2) is 0 Å². The minimum absolute atomic E-state index is 0.346. The molecular weight excluding hydrogens is 236 g/mol. The number of hydrogen-bond donors (Lipinski definition) is 1. The zero-order valence-electron chi connectivity index (χ0n) is 12.2. The van der Waals surface area contributed by atoms with E-state index in [9.17, 15) is 0 Å². The molecule has 3 heteroatoms. The van der Waals surface area contributed by atoms with E-state index in [-0.39, 0.29) is 0 Å². The van der Waals surface area contributed by atoms with Gasteiger partial charge in [-0.3, -0.25) is 9.88 Å². The van der Waals surface area contributed by atoms with Gasteiger partial charge in [0.05, 0.1) is 0 Å². The van der Waals surface area contributed by atoms with Crippen LogP contribution in [0, 0.1) is 5.92 Å². The lowest BCUT2D eigenvalue weighted by molar-refractivity contribution is 0.127. The number of likely N-dealkylation sites (tertiary alicyclic amines) is 1. The van der Waals surface area contributed by atoms with Gasteiger partial charge in [0.1, 0.15) is 0 Å². The third kappa shape index (κ3) is 4.02. The first-order valence-electron chi connectivity index (χ1n) is 7.51. The molecule has 3 nitrogen and oxygen atoms in total. The lowest BCUT2D eigenvalue weighted by Gasteiger charge is -2.30. The predicted octanol–water partition coefficient (Wildman–Crippen LogP) is 2.80. The van der Waals surface area contributed by atoms with E-state index in [4.69, 9.17) is 5.11 Å². The first kappa shape index (κ1) is 14.5. The van der Waals surface area contributed by atoms with Gasteiger partial charge >= 0.3 is 0 Å². The highest BCUT2D eigenvalue weighted by atomic mass is 16.3. The number of pyridine rings is 1. The fourth-order valence-electron chi connectivity index (χ4n) is 2.62. The summed E-state index contributed by atoms with van der Waals surface area (Å²) in [4.78, 5) is 7.04. The summed E-state index contributed by atoms with van der Waals surface area (Å²) in [6.45, 7) is 7.95. The molecule has 1 N–H and O–H groups in total. The molecule has 1 aromatic rings. The second-order valence-electron chi connectivity index (χ2n) is 5.80. The Bertz CT molecular complexity index is 369. The minimum atomic E-state index is 0.346. The fraction of sp³-hybridized carbons (Fsp3) is 0.688. The summed E-state index contributed by atoms with van der Waals surface area (Å²) >= 11 is 0. The molecule has 1 fully saturated rings. The van der Waals surface area contributed by atoms with Crippen molar-refractivity contribution in [3.8, 4) is 0 Å². The van der Waals surface area contributed by atoms with E-state index in [2.05, 4.69) is 35.9 Å². The zero-order chi connectivity index (χ0) is 13.7. The molecule has 19 heavy (non-hydrogen) atoms. The third-order valence-electron chi connectivity index (χ3n) is 4.34. The molecule has 0 spiro atoms. The van der Waals surface area contributed by atoms with E-state index in [0.29, 0.717) is 18.4 Å². The van der Waals surface area contributed by atoms with E-state index in [0.717, 1.165) is 38.9 Å². The van der Waals surface area contributed by atoms with Gasteiger partial charge in [0.15, 0.2) is 0 Å². The zero-order valence-corrected chi connectivity index (χ0v) is 12.2. The van der Waals surface area contributed by atoms with Crippen LogP contribution in [0.2, 0.25) is 0 Å². The summed E-state index contributed by atoms with van der Waals surface area (Å²) in [5.74, 6) is 1.07. The Morgan fingerprint density at radius 2 is 2.11 bits per heavy atom. The van der Waals surface area contributed by atoms with Crippen molar-refractivity contribution in [2.24, 2.45) is 5.92 Å². The molecule has 1 saturated heterocycles. The molecule has 1 aliphatic rings. The number of aliphatic hydroxyl groups is 1. The highest BCUT2D eigenvalue weighted by Gasteiger charge is 2.18. The lowest BCUT2D eigenvalue weighted by atomic mass is 9.97. The maximum atomic E-state index is 9.14. The molecule has 0 aromatic carbocycles. The van der Waals surface area contributed by atoms with Crippen LogP contribution in [0.15, 0.2) is 18.3 Å². The largest absolute Gasteiger partial charge is 0.396 e. The van der Waals surface area contributed by atoms with Gasteiger partial charge < -0.3 is 5.11 Å². The maximum Gasteiger partial charge on any atom is 0.0460 e. The number of hydrogen-bond acceptors (Lipinski definition) is 3. The van der Waals surface area contributed by atoms with Crippen LogP contribution in [0.1, 0.15) is 50.3 Å². The molecule has 0 aliphatic carbocycles. The van der Waals surface area contributed by atoms with Crippen molar-refractivity contribution in [2.45, 2.75) is 45.6 Å². The van der Waals surface area contributed by atoms with Crippen molar-refractivity contribution in [3.05, 3.63) is 29.6 Å². The van der Waals surface area contributed by atoms with Crippen molar-refractivity contribution in [1.29, 1.82) is 0 Å². The Labute approximate surface area is 116 Å². The van der Waals surface area contributed by atoms with Crippen molar-refractivity contribution in [2.75, 3.05) is 19.7 Å². The van der Waals surface area contributed by atoms with Crippen molar-refractivity contribution in [3.63, 3.8) is 0 Å². The van der Waals surface area contributed by atoms with Gasteiger partial charge in [0.2, 0.25) is 0 Å². The summed E-state index contributed by atoms with van der Waals surface area (Å²) in [6.07, 6.45) is 5.41. The number of aromatic nitrogens is 1. The smallest absolute Gasteiger partial charge is 0.0460 e. The molecule has 1 aromatic heterocycles. The van der Waals surface area contributed by atoms with Gasteiger partial charge in [-0.05, 0) is 55.8 Å². The molecule has 0 amide bonds. The predicted molar refractivity (Wildman–Crippen MR) is 78.0 cm³/mol. The Balaban J connectivity index is 1.86. The van der Waals surface area contributed by atoms with Crippen LogP contribution >= 0.6 is 0 Å². The fourth-order valence-corrected chi connectivity index (χ4v) is 2.62. The van der Waals surface area contributed by atoms with Crippen LogP contribution < -0.4 is 0 Å². The molecule has 1 unspecified atom stereocenters. The highest BCUT2D eigenvalue weighted by molar-refractivity contribution is 5.16. The van der Waals surface area contributed by atoms with Crippen LogP contribution in [-0.2, 0) is 6.54 Å².